The van der Waals surface area contributed by atoms with E-state index in [1.165, 1.54) is 5.01 Å². The van der Waals surface area contributed by atoms with Crippen molar-refractivity contribution in [2.45, 2.75) is 37.8 Å². The van der Waals surface area contributed by atoms with E-state index in [2.05, 4.69) is 10.6 Å². The summed E-state index contributed by atoms with van der Waals surface area (Å²) >= 11 is 5.04. The number of thiocarbonyl (C=S) groups is 1. The lowest BCUT2D eigenvalue weighted by Gasteiger charge is -2.30. The molecule has 0 spiro atoms. The fourth-order valence-corrected chi connectivity index (χ4v) is 2.00. The van der Waals surface area contributed by atoms with Gasteiger partial charge in [0.1, 0.15) is 0 Å². The molecule has 5 N–H and O–H groups in total. The highest BCUT2D eigenvalue weighted by Crippen LogP contribution is 2.18. The summed E-state index contributed by atoms with van der Waals surface area (Å²) < 4.78 is 0. The van der Waals surface area contributed by atoms with E-state index in [0.717, 1.165) is 25.7 Å². The third-order valence-corrected chi connectivity index (χ3v) is 3.11. The zero-order valence-electron chi connectivity index (χ0n) is 9.27. The SMILES string of the molecule is CN(N)C(=S)NC1CCC(NC(=O)O)CC1. The van der Waals surface area contributed by atoms with Crippen LogP contribution in [-0.4, -0.2) is 40.5 Å². The molecule has 0 aromatic heterocycles. The fourth-order valence-electron chi connectivity index (χ4n) is 1.83. The van der Waals surface area contributed by atoms with Gasteiger partial charge in [-0.05, 0) is 37.9 Å². The number of hydrogen-bond acceptors (Lipinski definition) is 3. The number of nitrogens with one attached hydrogen (secondary N) is 2. The van der Waals surface area contributed by atoms with Gasteiger partial charge in [0.05, 0.1) is 0 Å². The third-order valence-electron chi connectivity index (χ3n) is 2.70. The summed E-state index contributed by atoms with van der Waals surface area (Å²) in [6.07, 6.45) is 2.52. The van der Waals surface area contributed by atoms with Crippen LogP contribution in [0.5, 0.6) is 0 Å². The molecule has 7 heteroatoms. The second kappa shape index (κ2) is 5.86. The molecule has 1 rings (SSSR count). The Morgan fingerprint density at radius 1 is 1.31 bits per heavy atom. The van der Waals surface area contributed by atoms with Gasteiger partial charge in [0.15, 0.2) is 5.11 Å². The van der Waals surface area contributed by atoms with Crippen LogP contribution in [0, 0.1) is 0 Å². The zero-order chi connectivity index (χ0) is 12.1. The van der Waals surface area contributed by atoms with E-state index in [1.807, 2.05) is 0 Å². The molecule has 1 aliphatic carbocycles. The first-order valence-corrected chi connectivity index (χ1v) is 5.68. The minimum Gasteiger partial charge on any atom is -0.465 e. The number of amides is 1. The zero-order valence-corrected chi connectivity index (χ0v) is 10.1. The van der Waals surface area contributed by atoms with Crippen molar-refractivity contribution in [3.05, 3.63) is 0 Å². The van der Waals surface area contributed by atoms with Gasteiger partial charge in [-0.25, -0.2) is 10.6 Å². The Hall–Kier alpha value is -1.08. The first-order valence-electron chi connectivity index (χ1n) is 5.27. The maximum absolute atomic E-state index is 10.4. The highest BCUT2D eigenvalue weighted by atomic mass is 32.1. The third kappa shape index (κ3) is 4.19. The van der Waals surface area contributed by atoms with Crippen molar-refractivity contribution in [1.29, 1.82) is 0 Å². The topological polar surface area (TPSA) is 90.6 Å². The smallest absolute Gasteiger partial charge is 0.404 e. The predicted octanol–water partition coefficient (Wildman–Crippen LogP) is 0.245. The highest BCUT2D eigenvalue weighted by molar-refractivity contribution is 7.80. The molecule has 0 aliphatic heterocycles. The van der Waals surface area contributed by atoms with E-state index in [0.29, 0.717) is 11.2 Å². The molecular weight excluding hydrogens is 228 g/mol. The molecule has 0 unspecified atom stereocenters. The molecule has 0 bridgehead atoms. The number of rotatable bonds is 2. The van der Waals surface area contributed by atoms with Crippen molar-refractivity contribution >= 4 is 23.4 Å². The second-order valence-corrected chi connectivity index (χ2v) is 4.45. The molecule has 1 aliphatic rings. The van der Waals surface area contributed by atoms with Crippen LogP contribution in [0.2, 0.25) is 0 Å². The van der Waals surface area contributed by atoms with Crippen LogP contribution >= 0.6 is 12.2 Å². The monoisotopic (exact) mass is 246 g/mol. The summed E-state index contributed by atoms with van der Waals surface area (Å²) in [7, 11) is 1.69. The van der Waals surface area contributed by atoms with E-state index < -0.39 is 6.09 Å². The maximum atomic E-state index is 10.4. The normalized spacial score (nSPS) is 24.6. The number of carboxylic acid groups (broad SMARTS) is 1. The molecule has 6 nitrogen and oxygen atoms in total. The Morgan fingerprint density at radius 3 is 2.12 bits per heavy atom. The van der Waals surface area contributed by atoms with Gasteiger partial charge in [-0.1, -0.05) is 0 Å². The Balaban J connectivity index is 2.27. The lowest BCUT2D eigenvalue weighted by Crippen LogP contribution is -2.48. The summed E-state index contributed by atoms with van der Waals surface area (Å²) in [5.41, 5.74) is 0. The lowest BCUT2D eigenvalue weighted by atomic mass is 9.91. The van der Waals surface area contributed by atoms with E-state index in [1.54, 1.807) is 7.05 Å². The van der Waals surface area contributed by atoms with Crippen molar-refractivity contribution in [2.75, 3.05) is 7.05 Å². The van der Waals surface area contributed by atoms with Crippen LogP contribution in [0.15, 0.2) is 0 Å². The minimum atomic E-state index is -0.950. The molecule has 1 fully saturated rings. The molecule has 0 radical (unpaired) electrons. The van der Waals surface area contributed by atoms with Crippen molar-refractivity contribution in [1.82, 2.24) is 15.6 Å². The van der Waals surface area contributed by atoms with Gasteiger partial charge in [0, 0.05) is 19.1 Å². The highest BCUT2D eigenvalue weighted by Gasteiger charge is 2.22. The number of carbonyl (C=O) groups is 1. The van der Waals surface area contributed by atoms with Gasteiger partial charge in [0.2, 0.25) is 0 Å². The molecule has 0 heterocycles. The number of nitrogens with zero attached hydrogens (tertiary/aromatic N) is 1. The Morgan fingerprint density at radius 2 is 1.75 bits per heavy atom. The standard InChI is InChI=1S/C9H18N4O2S/c1-13(10)8(16)11-6-2-4-7(5-3-6)12-9(14)15/h6-7,12H,2-5,10H2,1H3,(H,11,16)(H,14,15). The van der Waals surface area contributed by atoms with Crippen LogP contribution in [0.3, 0.4) is 0 Å². The Bertz CT molecular complexity index is 264. The van der Waals surface area contributed by atoms with Crippen molar-refractivity contribution in [3.63, 3.8) is 0 Å². The molecule has 92 valence electrons. The van der Waals surface area contributed by atoms with Gasteiger partial charge >= 0.3 is 6.09 Å². The quantitative estimate of drug-likeness (QED) is 0.317. The summed E-state index contributed by atoms with van der Waals surface area (Å²) in [6, 6.07) is 0.366. The van der Waals surface area contributed by atoms with E-state index >= 15 is 0 Å². The van der Waals surface area contributed by atoms with E-state index in [4.69, 9.17) is 23.2 Å². The lowest BCUT2D eigenvalue weighted by molar-refractivity contribution is 0.184. The predicted molar refractivity (Wildman–Crippen MR) is 64.9 cm³/mol. The van der Waals surface area contributed by atoms with Crippen LogP contribution in [0.4, 0.5) is 4.79 Å². The summed E-state index contributed by atoms with van der Waals surface area (Å²) in [5.74, 6) is 5.49. The average Bonchev–Trinajstić information content (AvgIpc) is 2.20. The van der Waals surface area contributed by atoms with Gasteiger partial charge in [0.25, 0.3) is 0 Å². The number of nitrogens with two attached hydrogens (primary N) is 1. The molecule has 1 amide bonds. The van der Waals surface area contributed by atoms with Crippen LogP contribution in [0.25, 0.3) is 0 Å². The molecule has 0 saturated heterocycles. The van der Waals surface area contributed by atoms with Gasteiger partial charge in [-0.2, -0.15) is 0 Å². The summed E-state index contributed by atoms with van der Waals surface area (Å²) in [4.78, 5) is 10.4. The van der Waals surface area contributed by atoms with Gasteiger partial charge < -0.3 is 15.7 Å². The molecule has 0 atom stereocenters. The van der Waals surface area contributed by atoms with Crippen LogP contribution in [0.1, 0.15) is 25.7 Å². The first-order chi connectivity index (χ1) is 7.49. The molecule has 0 aromatic rings. The summed E-state index contributed by atoms with van der Waals surface area (Å²) in [5, 5.41) is 16.1. The van der Waals surface area contributed by atoms with Gasteiger partial charge in [-0.15, -0.1) is 0 Å². The number of hydrazine groups is 1. The van der Waals surface area contributed by atoms with E-state index in [-0.39, 0.29) is 6.04 Å². The largest absolute Gasteiger partial charge is 0.465 e. The Labute approximate surface area is 100 Å². The molecule has 16 heavy (non-hydrogen) atoms. The first kappa shape index (κ1) is 13.0. The average molecular weight is 246 g/mol. The van der Waals surface area contributed by atoms with Gasteiger partial charge in [-0.3, -0.25) is 5.01 Å². The summed E-state index contributed by atoms with van der Waals surface area (Å²) in [6.45, 7) is 0. The molecule has 1 saturated carbocycles. The van der Waals surface area contributed by atoms with Crippen LogP contribution < -0.4 is 16.5 Å². The number of hydrogen-bond donors (Lipinski definition) is 4. The van der Waals surface area contributed by atoms with Crippen molar-refractivity contribution in [3.8, 4) is 0 Å². The van der Waals surface area contributed by atoms with Crippen LogP contribution in [-0.2, 0) is 0 Å². The van der Waals surface area contributed by atoms with Crippen molar-refractivity contribution < 1.29 is 9.90 Å². The maximum Gasteiger partial charge on any atom is 0.404 e. The minimum absolute atomic E-state index is 0.0692. The molecule has 0 aromatic carbocycles. The Kier molecular flexibility index (Phi) is 4.75. The fraction of sp³-hybridized carbons (Fsp3) is 0.778. The van der Waals surface area contributed by atoms with Crippen molar-refractivity contribution in [2.24, 2.45) is 5.84 Å². The second-order valence-electron chi connectivity index (χ2n) is 4.06. The molecular formula is C9H18N4O2S. The van der Waals surface area contributed by atoms with E-state index in [9.17, 15) is 4.79 Å².